The lowest BCUT2D eigenvalue weighted by atomic mass is 9.85. The molecule has 17 heavy (non-hydrogen) atoms. The summed E-state index contributed by atoms with van der Waals surface area (Å²) in [7, 11) is 0. The molecule has 0 saturated carbocycles. The van der Waals surface area contributed by atoms with Gasteiger partial charge in [0.2, 0.25) is 0 Å². The first kappa shape index (κ1) is 12.5. The van der Waals surface area contributed by atoms with Crippen molar-refractivity contribution in [2.24, 2.45) is 0 Å². The van der Waals surface area contributed by atoms with Gasteiger partial charge in [0.15, 0.2) is 0 Å². The second kappa shape index (κ2) is 4.38. The van der Waals surface area contributed by atoms with Gasteiger partial charge in [-0.2, -0.15) is 0 Å². The fourth-order valence-electron chi connectivity index (χ4n) is 2.30. The third-order valence-electron chi connectivity index (χ3n) is 3.13. The second-order valence-corrected chi connectivity index (χ2v) is 6.27. The quantitative estimate of drug-likeness (QED) is 0.696. The van der Waals surface area contributed by atoms with E-state index < -0.39 is 0 Å². The Morgan fingerprint density at radius 1 is 1.29 bits per heavy atom. The Balaban J connectivity index is 2.42. The Labute approximate surface area is 108 Å². The predicted octanol–water partition coefficient (Wildman–Crippen LogP) is 5.04. The van der Waals surface area contributed by atoms with Gasteiger partial charge in [0.25, 0.3) is 0 Å². The Bertz CT molecular complexity index is 523. The number of rotatable bonds is 3. The van der Waals surface area contributed by atoms with Crippen molar-refractivity contribution in [2.75, 3.05) is 0 Å². The summed E-state index contributed by atoms with van der Waals surface area (Å²) in [6.45, 7) is 8.47. The minimum Gasteiger partial charge on any atom is -0.461 e. The average molecular weight is 251 g/mol. The SMILES string of the molecule is Cc1ccc2oc(C(C)(C)CC(C)Cl)cc2c1. The fourth-order valence-corrected chi connectivity index (χ4v) is 2.69. The molecule has 0 fully saturated rings. The lowest BCUT2D eigenvalue weighted by Gasteiger charge is -2.23. The van der Waals surface area contributed by atoms with Crippen LogP contribution in [0.1, 0.15) is 38.5 Å². The summed E-state index contributed by atoms with van der Waals surface area (Å²) in [5.74, 6) is 1.02. The lowest BCUT2D eigenvalue weighted by Crippen LogP contribution is -2.19. The molecule has 92 valence electrons. The molecule has 0 N–H and O–H groups in total. The van der Waals surface area contributed by atoms with Crippen LogP contribution in [0.4, 0.5) is 0 Å². The lowest BCUT2D eigenvalue weighted by molar-refractivity contribution is 0.377. The molecular formula is C15H19ClO. The Morgan fingerprint density at radius 2 is 2.00 bits per heavy atom. The maximum Gasteiger partial charge on any atom is 0.134 e. The maximum atomic E-state index is 6.09. The first-order valence-electron chi connectivity index (χ1n) is 6.03. The van der Waals surface area contributed by atoms with E-state index in [9.17, 15) is 0 Å². The molecule has 1 atom stereocenters. The summed E-state index contributed by atoms with van der Waals surface area (Å²) < 4.78 is 5.93. The van der Waals surface area contributed by atoms with E-state index in [-0.39, 0.29) is 10.8 Å². The summed E-state index contributed by atoms with van der Waals surface area (Å²) in [5.41, 5.74) is 2.20. The van der Waals surface area contributed by atoms with Crippen LogP contribution in [0.15, 0.2) is 28.7 Å². The number of fused-ring (bicyclic) bond motifs is 1. The highest BCUT2D eigenvalue weighted by Crippen LogP contribution is 2.34. The van der Waals surface area contributed by atoms with Gasteiger partial charge in [-0.05, 0) is 38.5 Å². The Morgan fingerprint density at radius 3 is 2.65 bits per heavy atom. The molecule has 1 unspecified atom stereocenters. The summed E-state index contributed by atoms with van der Waals surface area (Å²) in [5, 5.41) is 1.33. The number of halogens is 1. The molecule has 1 heterocycles. The van der Waals surface area contributed by atoms with Crippen molar-refractivity contribution >= 4 is 22.6 Å². The van der Waals surface area contributed by atoms with Crippen molar-refractivity contribution in [1.82, 2.24) is 0 Å². The molecule has 1 aromatic carbocycles. The first-order chi connectivity index (χ1) is 7.88. The van der Waals surface area contributed by atoms with Crippen molar-refractivity contribution in [1.29, 1.82) is 0 Å². The number of furan rings is 1. The molecule has 0 aliphatic rings. The molecule has 0 aliphatic heterocycles. The maximum absolute atomic E-state index is 6.09. The van der Waals surface area contributed by atoms with E-state index in [0.29, 0.717) is 0 Å². The normalized spacial score (nSPS) is 14.2. The molecule has 1 aromatic heterocycles. The van der Waals surface area contributed by atoms with Crippen LogP contribution >= 0.6 is 11.6 Å². The Hall–Kier alpha value is -0.950. The molecule has 2 heteroatoms. The third kappa shape index (κ3) is 2.66. The van der Waals surface area contributed by atoms with E-state index in [0.717, 1.165) is 17.8 Å². The van der Waals surface area contributed by atoms with Gasteiger partial charge in [0.1, 0.15) is 11.3 Å². The zero-order valence-corrected chi connectivity index (χ0v) is 11.6. The van der Waals surface area contributed by atoms with Crippen LogP contribution in [-0.2, 0) is 5.41 Å². The zero-order chi connectivity index (χ0) is 12.6. The number of hydrogen-bond donors (Lipinski definition) is 0. The van der Waals surface area contributed by atoms with E-state index in [1.54, 1.807) is 0 Å². The summed E-state index contributed by atoms with van der Waals surface area (Å²) in [6.07, 6.45) is 0.910. The largest absolute Gasteiger partial charge is 0.461 e. The minimum atomic E-state index is -0.0198. The molecule has 0 aliphatic carbocycles. The van der Waals surface area contributed by atoms with E-state index in [4.69, 9.17) is 16.0 Å². The number of benzene rings is 1. The highest BCUT2D eigenvalue weighted by atomic mass is 35.5. The van der Waals surface area contributed by atoms with Crippen LogP contribution in [-0.4, -0.2) is 5.38 Å². The van der Waals surface area contributed by atoms with Crippen LogP contribution in [0.5, 0.6) is 0 Å². The monoisotopic (exact) mass is 250 g/mol. The number of aryl methyl sites for hydroxylation is 1. The summed E-state index contributed by atoms with van der Waals surface area (Å²) in [6, 6.07) is 8.41. The van der Waals surface area contributed by atoms with Gasteiger partial charge in [-0.15, -0.1) is 11.6 Å². The van der Waals surface area contributed by atoms with Gasteiger partial charge in [-0.25, -0.2) is 0 Å². The zero-order valence-electron chi connectivity index (χ0n) is 10.9. The molecule has 2 rings (SSSR count). The van der Waals surface area contributed by atoms with E-state index >= 15 is 0 Å². The molecule has 0 saturated heterocycles. The van der Waals surface area contributed by atoms with Gasteiger partial charge in [-0.1, -0.05) is 25.5 Å². The standard InChI is InChI=1S/C15H19ClO/c1-10-5-6-13-12(7-10)8-14(17-13)15(3,4)9-11(2)16/h5-8,11H,9H2,1-4H3. The van der Waals surface area contributed by atoms with Crippen molar-refractivity contribution < 1.29 is 4.42 Å². The van der Waals surface area contributed by atoms with Gasteiger partial charge >= 0.3 is 0 Å². The summed E-state index contributed by atoms with van der Waals surface area (Å²) in [4.78, 5) is 0. The Kier molecular flexibility index (Phi) is 3.22. The molecule has 0 spiro atoms. The fraction of sp³-hybridized carbons (Fsp3) is 0.467. The smallest absolute Gasteiger partial charge is 0.134 e. The van der Waals surface area contributed by atoms with Gasteiger partial charge in [-0.3, -0.25) is 0 Å². The third-order valence-corrected chi connectivity index (χ3v) is 3.28. The number of hydrogen-bond acceptors (Lipinski definition) is 1. The highest BCUT2D eigenvalue weighted by Gasteiger charge is 2.26. The number of alkyl halides is 1. The second-order valence-electron chi connectivity index (χ2n) is 5.52. The molecule has 1 nitrogen and oxygen atoms in total. The van der Waals surface area contributed by atoms with Crippen LogP contribution in [0.2, 0.25) is 0 Å². The van der Waals surface area contributed by atoms with Crippen LogP contribution in [0.3, 0.4) is 0 Å². The molecule has 2 aromatic rings. The molecule has 0 amide bonds. The van der Waals surface area contributed by atoms with Crippen molar-refractivity contribution in [3.8, 4) is 0 Å². The van der Waals surface area contributed by atoms with E-state index in [2.05, 4.69) is 39.0 Å². The summed E-state index contributed by atoms with van der Waals surface area (Å²) >= 11 is 6.09. The van der Waals surface area contributed by atoms with Crippen LogP contribution in [0.25, 0.3) is 11.0 Å². The van der Waals surface area contributed by atoms with Gasteiger partial charge < -0.3 is 4.42 Å². The first-order valence-corrected chi connectivity index (χ1v) is 6.47. The van der Waals surface area contributed by atoms with Crippen molar-refractivity contribution in [3.05, 3.63) is 35.6 Å². The van der Waals surface area contributed by atoms with Crippen molar-refractivity contribution in [2.45, 2.75) is 44.9 Å². The highest BCUT2D eigenvalue weighted by molar-refractivity contribution is 6.20. The molecule has 0 radical (unpaired) electrons. The minimum absolute atomic E-state index is 0.0198. The van der Waals surface area contributed by atoms with Gasteiger partial charge in [0, 0.05) is 16.2 Å². The topological polar surface area (TPSA) is 13.1 Å². The molecular weight excluding hydrogens is 232 g/mol. The van der Waals surface area contributed by atoms with Crippen LogP contribution in [0, 0.1) is 6.92 Å². The van der Waals surface area contributed by atoms with Crippen molar-refractivity contribution in [3.63, 3.8) is 0 Å². The van der Waals surface area contributed by atoms with E-state index in [1.165, 1.54) is 10.9 Å². The molecule has 0 bridgehead atoms. The average Bonchev–Trinajstić information content (AvgIpc) is 2.58. The van der Waals surface area contributed by atoms with Gasteiger partial charge in [0.05, 0.1) is 0 Å². The van der Waals surface area contributed by atoms with E-state index in [1.807, 2.05) is 13.0 Å². The van der Waals surface area contributed by atoms with Crippen LogP contribution < -0.4 is 0 Å². The predicted molar refractivity (Wildman–Crippen MR) is 73.9 cm³/mol.